The molecule has 4 aromatic rings. The number of nitrogens with zero attached hydrogens (tertiary/aromatic N) is 3. The Labute approximate surface area is 215 Å². The largest absolute Gasteiger partial charge is 0.418 e. The van der Waals surface area contributed by atoms with Gasteiger partial charge in [0.2, 0.25) is 5.91 Å². The molecule has 0 saturated carbocycles. The summed E-state index contributed by atoms with van der Waals surface area (Å²) in [4.78, 5) is 25.1. The highest BCUT2D eigenvalue weighted by molar-refractivity contribution is 7.99. The van der Waals surface area contributed by atoms with E-state index in [1.54, 1.807) is 22.8 Å². The van der Waals surface area contributed by atoms with Crippen LogP contribution in [0.2, 0.25) is 0 Å². The predicted molar refractivity (Wildman–Crippen MR) is 135 cm³/mol. The monoisotopic (exact) mass is 525 g/mol. The number of hydrogen-bond donors (Lipinski definition) is 2. The van der Waals surface area contributed by atoms with Crippen molar-refractivity contribution in [1.29, 1.82) is 0 Å². The average Bonchev–Trinajstić information content (AvgIpc) is 3.29. The van der Waals surface area contributed by atoms with E-state index in [9.17, 15) is 22.8 Å². The molecule has 0 atom stereocenters. The van der Waals surface area contributed by atoms with Crippen LogP contribution in [-0.4, -0.2) is 32.3 Å². The third-order valence-electron chi connectivity index (χ3n) is 5.24. The highest BCUT2D eigenvalue weighted by Crippen LogP contribution is 2.34. The van der Waals surface area contributed by atoms with Crippen LogP contribution >= 0.6 is 11.8 Å². The van der Waals surface area contributed by atoms with E-state index in [-0.39, 0.29) is 23.9 Å². The number of para-hydroxylation sites is 2. The minimum absolute atomic E-state index is 0.0698. The van der Waals surface area contributed by atoms with E-state index in [0.717, 1.165) is 23.4 Å². The molecule has 0 fully saturated rings. The van der Waals surface area contributed by atoms with Crippen molar-refractivity contribution in [3.63, 3.8) is 0 Å². The van der Waals surface area contributed by atoms with Gasteiger partial charge in [-0.05, 0) is 43.3 Å². The van der Waals surface area contributed by atoms with Crippen LogP contribution in [0.3, 0.4) is 0 Å². The summed E-state index contributed by atoms with van der Waals surface area (Å²) in [6.07, 6.45) is -4.59. The minimum atomic E-state index is -4.59. The van der Waals surface area contributed by atoms with Crippen LogP contribution in [0.5, 0.6) is 0 Å². The Bertz CT molecular complexity index is 1410. The molecule has 0 spiro atoms. The summed E-state index contributed by atoms with van der Waals surface area (Å²) < 4.78 is 41.4. The van der Waals surface area contributed by atoms with Gasteiger partial charge in [-0.3, -0.25) is 14.2 Å². The van der Waals surface area contributed by atoms with Crippen LogP contribution in [0.1, 0.15) is 27.3 Å². The zero-order valence-electron chi connectivity index (χ0n) is 19.6. The summed E-state index contributed by atoms with van der Waals surface area (Å²) >= 11 is 1.02. The number of thioether (sulfide) groups is 1. The smallest absolute Gasteiger partial charge is 0.345 e. The fraction of sp³-hybridized carbons (Fsp3) is 0.154. The number of alkyl halides is 3. The van der Waals surface area contributed by atoms with Crippen LogP contribution < -0.4 is 10.6 Å². The first kappa shape index (κ1) is 26.0. The minimum Gasteiger partial charge on any atom is -0.345 e. The lowest BCUT2D eigenvalue weighted by Crippen LogP contribution is -2.24. The zero-order valence-corrected chi connectivity index (χ0v) is 20.4. The molecule has 190 valence electrons. The van der Waals surface area contributed by atoms with Gasteiger partial charge in [0.25, 0.3) is 5.91 Å². The van der Waals surface area contributed by atoms with Gasteiger partial charge in [-0.1, -0.05) is 59.8 Å². The summed E-state index contributed by atoms with van der Waals surface area (Å²) in [6, 6.07) is 21.1. The van der Waals surface area contributed by atoms with Crippen LogP contribution in [0, 0.1) is 6.92 Å². The Kier molecular flexibility index (Phi) is 7.92. The lowest BCUT2D eigenvalue weighted by molar-refractivity contribution is -0.137. The second-order valence-electron chi connectivity index (χ2n) is 8.00. The molecule has 0 bridgehead atoms. The second kappa shape index (κ2) is 11.3. The van der Waals surface area contributed by atoms with Crippen molar-refractivity contribution in [3.05, 3.63) is 101 Å². The molecule has 0 aliphatic rings. The van der Waals surface area contributed by atoms with Crippen molar-refractivity contribution in [1.82, 2.24) is 20.1 Å². The molecule has 0 radical (unpaired) electrons. The molecule has 3 aromatic carbocycles. The molecule has 4 rings (SSSR count). The third-order valence-corrected chi connectivity index (χ3v) is 6.17. The fourth-order valence-electron chi connectivity index (χ4n) is 3.55. The maximum absolute atomic E-state index is 13.2. The highest BCUT2D eigenvalue weighted by Gasteiger charge is 2.33. The molecule has 0 aliphatic carbocycles. The zero-order chi connectivity index (χ0) is 26.4. The number of rotatable bonds is 8. The van der Waals surface area contributed by atoms with Crippen molar-refractivity contribution in [2.75, 3.05) is 11.1 Å². The van der Waals surface area contributed by atoms with E-state index >= 15 is 0 Å². The number of halogens is 3. The number of anilines is 1. The first-order valence-corrected chi connectivity index (χ1v) is 12.1. The van der Waals surface area contributed by atoms with Crippen LogP contribution in [0.4, 0.5) is 18.9 Å². The SMILES string of the molecule is Cc1cccc(C(=O)NCc2nnc(SCC(=O)Nc3ccccc3C(F)(F)F)n2-c2ccccc2)c1. The maximum Gasteiger partial charge on any atom is 0.418 e. The van der Waals surface area contributed by atoms with Crippen LogP contribution in [-0.2, 0) is 17.5 Å². The van der Waals surface area contributed by atoms with Crippen molar-refractivity contribution in [2.45, 2.75) is 24.8 Å². The number of hydrogen-bond acceptors (Lipinski definition) is 5. The van der Waals surface area contributed by atoms with Crippen LogP contribution in [0.15, 0.2) is 84.0 Å². The second-order valence-corrected chi connectivity index (χ2v) is 8.94. The van der Waals surface area contributed by atoms with Gasteiger partial charge in [0.15, 0.2) is 11.0 Å². The van der Waals surface area contributed by atoms with E-state index in [2.05, 4.69) is 20.8 Å². The van der Waals surface area contributed by atoms with Crippen LogP contribution in [0.25, 0.3) is 5.69 Å². The normalized spacial score (nSPS) is 11.2. The Morgan fingerprint density at radius 3 is 2.41 bits per heavy atom. The molecule has 0 saturated heterocycles. The summed E-state index contributed by atoms with van der Waals surface area (Å²) in [6.45, 7) is 1.96. The van der Waals surface area contributed by atoms with Gasteiger partial charge in [-0.15, -0.1) is 10.2 Å². The van der Waals surface area contributed by atoms with Gasteiger partial charge in [-0.2, -0.15) is 13.2 Å². The Balaban J connectivity index is 1.49. The Hall–Kier alpha value is -4.12. The first-order valence-electron chi connectivity index (χ1n) is 11.2. The van der Waals surface area contributed by atoms with Crippen molar-refractivity contribution in [3.8, 4) is 5.69 Å². The molecule has 11 heteroatoms. The van der Waals surface area contributed by atoms with E-state index in [1.165, 1.54) is 18.2 Å². The number of aromatic nitrogens is 3. The molecule has 0 unspecified atom stereocenters. The highest BCUT2D eigenvalue weighted by atomic mass is 32.2. The van der Waals surface area contributed by atoms with Crippen molar-refractivity contribution >= 4 is 29.3 Å². The number of benzene rings is 3. The van der Waals surface area contributed by atoms with E-state index in [1.807, 2.05) is 43.3 Å². The van der Waals surface area contributed by atoms with Gasteiger partial charge < -0.3 is 10.6 Å². The number of amides is 2. The molecule has 2 amide bonds. The summed E-state index contributed by atoms with van der Waals surface area (Å²) in [5.41, 5.74) is 0.931. The average molecular weight is 526 g/mol. The van der Waals surface area contributed by atoms with Crippen molar-refractivity contribution in [2.24, 2.45) is 0 Å². The molecule has 1 aromatic heterocycles. The van der Waals surface area contributed by atoms with E-state index in [0.29, 0.717) is 22.2 Å². The molecule has 1 heterocycles. The molecular weight excluding hydrogens is 503 g/mol. The van der Waals surface area contributed by atoms with Gasteiger partial charge in [0.05, 0.1) is 23.5 Å². The Morgan fingerprint density at radius 2 is 1.68 bits per heavy atom. The standard InChI is InChI=1S/C26H22F3N5O2S/c1-17-8-7-9-18(14-17)24(36)30-15-22-32-33-25(34(22)19-10-3-2-4-11-19)37-16-23(35)31-21-13-6-5-12-20(21)26(27,28)29/h2-14H,15-16H2,1H3,(H,30,36)(H,31,35). The summed E-state index contributed by atoms with van der Waals surface area (Å²) in [7, 11) is 0. The van der Waals surface area contributed by atoms with E-state index < -0.39 is 17.6 Å². The molecule has 7 nitrogen and oxygen atoms in total. The molecule has 2 N–H and O–H groups in total. The van der Waals surface area contributed by atoms with Gasteiger partial charge in [0.1, 0.15) is 0 Å². The van der Waals surface area contributed by atoms with E-state index in [4.69, 9.17) is 0 Å². The molecule has 0 aliphatic heterocycles. The number of nitrogens with one attached hydrogen (secondary N) is 2. The third kappa shape index (κ3) is 6.56. The van der Waals surface area contributed by atoms with Crippen molar-refractivity contribution < 1.29 is 22.8 Å². The van der Waals surface area contributed by atoms with Gasteiger partial charge >= 0.3 is 6.18 Å². The predicted octanol–water partition coefficient (Wildman–Crippen LogP) is 5.26. The number of carbonyl (C=O) groups is 2. The fourth-order valence-corrected chi connectivity index (χ4v) is 4.32. The number of carbonyl (C=O) groups excluding carboxylic acids is 2. The van der Waals surface area contributed by atoms with Gasteiger partial charge in [0, 0.05) is 11.3 Å². The quantitative estimate of drug-likeness (QED) is 0.307. The van der Waals surface area contributed by atoms with Gasteiger partial charge in [-0.25, -0.2) is 0 Å². The molecular formula is C26H22F3N5O2S. The number of aryl methyl sites for hydroxylation is 1. The lowest BCUT2D eigenvalue weighted by atomic mass is 10.1. The summed E-state index contributed by atoms with van der Waals surface area (Å²) in [5.74, 6) is -0.674. The first-order chi connectivity index (χ1) is 17.7. The summed E-state index contributed by atoms with van der Waals surface area (Å²) in [5, 5.41) is 13.8. The Morgan fingerprint density at radius 1 is 0.946 bits per heavy atom. The topological polar surface area (TPSA) is 88.9 Å². The maximum atomic E-state index is 13.2. The lowest BCUT2D eigenvalue weighted by Gasteiger charge is -2.14. The molecule has 37 heavy (non-hydrogen) atoms.